The fourth-order valence-corrected chi connectivity index (χ4v) is 4.62. The number of oxime groups is 1. The van der Waals surface area contributed by atoms with Gasteiger partial charge in [0.1, 0.15) is 17.7 Å². The van der Waals surface area contributed by atoms with Gasteiger partial charge in [0.15, 0.2) is 0 Å². The smallest absolute Gasteiger partial charge is 0.450 e. The second kappa shape index (κ2) is 11.2. The summed E-state index contributed by atoms with van der Waals surface area (Å²) in [5.41, 5.74) is 3.80. The highest BCUT2D eigenvalue weighted by Gasteiger charge is 2.25. The first kappa shape index (κ1) is 25.1. The predicted octanol–water partition coefficient (Wildman–Crippen LogP) is 5.73. The van der Waals surface area contributed by atoms with Crippen LogP contribution in [-0.4, -0.2) is 46.4 Å². The van der Waals surface area contributed by atoms with E-state index in [-0.39, 0.29) is 12.5 Å². The van der Waals surface area contributed by atoms with Crippen molar-refractivity contribution >= 4 is 17.6 Å². The van der Waals surface area contributed by atoms with Crippen molar-refractivity contribution < 1.29 is 28.6 Å². The third-order valence-electron chi connectivity index (χ3n) is 6.46. The average Bonchev–Trinajstić information content (AvgIpc) is 2.86. The lowest BCUT2D eigenvalue weighted by Crippen LogP contribution is -2.37. The minimum Gasteiger partial charge on any atom is -0.450 e. The number of ether oxygens (including phenoxy) is 1. The minimum absolute atomic E-state index is 0.180. The molecule has 2 aromatic carbocycles. The van der Waals surface area contributed by atoms with Crippen LogP contribution < -0.4 is 4.90 Å². The molecule has 1 aliphatic rings. The van der Waals surface area contributed by atoms with E-state index in [9.17, 15) is 18.8 Å². The molecule has 1 saturated heterocycles. The molecule has 0 amide bonds. The Morgan fingerprint density at radius 1 is 1.14 bits per heavy atom. The number of halogens is 2. The van der Waals surface area contributed by atoms with Gasteiger partial charge >= 0.3 is 6.16 Å². The Hall–Kier alpha value is -4.01. The van der Waals surface area contributed by atoms with Crippen LogP contribution in [-0.2, 0) is 4.74 Å². The summed E-state index contributed by atoms with van der Waals surface area (Å²) in [5.74, 6) is -1.87. The lowest BCUT2D eigenvalue weighted by atomic mass is 9.85. The molecule has 36 heavy (non-hydrogen) atoms. The lowest BCUT2D eigenvalue weighted by Gasteiger charge is -2.33. The number of nitrogens with zero attached hydrogens (tertiary/aromatic N) is 3. The topological polar surface area (TPSA) is 95.2 Å². The number of benzene rings is 2. The van der Waals surface area contributed by atoms with E-state index in [1.54, 1.807) is 18.3 Å². The molecule has 1 fully saturated rings. The van der Waals surface area contributed by atoms with Gasteiger partial charge in [-0.15, -0.1) is 0 Å². The van der Waals surface area contributed by atoms with Crippen LogP contribution in [0.1, 0.15) is 47.6 Å². The van der Waals surface area contributed by atoms with Gasteiger partial charge in [-0.2, -0.15) is 0 Å². The summed E-state index contributed by atoms with van der Waals surface area (Å²) in [7, 11) is 0. The molecule has 0 radical (unpaired) electrons. The number of aromatic nitrogens is 1. The van der Waals surface area contributed by atoms with E-state index in [1.807, 2.05) is 31.2 Å². The number of hydrogen-bond acceptors (Lipinski definition) is 6. The first-order chi connectivity index (χ1) is 17.3. The normalized spacial score (nSPS) is 15.5. The van der Waals surface area contributed by atoms with Crippen molar-refractivity contribution in [3.8, 4) is 0 Å². The standard InChI is InChI=1S/C27H27F2N3O4/c1-17-14-19(8-11-30-17)26(31-35)16-24(23-7-4-20(28)15-25(23)29)18-2-5-21(6-3-18)32-12-9-22(10-13-32)36-27(33)34/h2-8,11,14-15,22,24,35H,9-10,12-13,16H2,1H3,(H,33,34)/b31-26+/t24-/m0/s1. The molecule has 1 aliphatic heterocycles. The second-order valence-electron chi connectivity index (χ2n) is 8.82. The number of aryl methyl sites for hydroxylation is 1. The molecule has 0 bridgehead atoms. The van der Waals surface area contributed by atoms with E-state index in [2.05, 4.69) is 15.0 Å². The van der Waals surface area contributed by atoms with Crippen LogP contribution in [0.3, 0.4) is 0 Å². The van der Waals surface area contributed by atoms with Crippen molar-refractivity contribution in [2.75, 3.05) is 18.0 Å². The Labute approximate surface area is 207 Å². The molecular formula is C27H27F2N3O4. The third kappa shape index (κ3) is 5.97. The maximum atomic E-state index is 14.9. The Morgan fingerprint density at radius 2 is 1.86 bits per heavy atom. The molecule has 1 aromatic heterocycles. The molecule has 0 unspecified atom stereocenters. The summed E-state index contributed by atoms with van der Waals surface area (Å²) in [4.78, 5) is 17.1. The highest BCUT2D eigenvalue weighted by atomic mass is 19.1. The van der Waals surface area contributed by atoms with Gasteiger partial charge in [-0.1, -0.05) is 23.4 Å². The van der Waals surface area contributed by atoms with E-state index in [0.29, 0.717) is 42.8 Å². The van der Waals surface area contributed by atoms with E-state index < -0.39 is 23.7 Å². The molecule has 3 aromatic rings. The number of anilines is 1. The van der Waals surface area contributed by atoms with Crippen molar-refractivity contribution in [1.82, 2.24) is 4.98 Å². The maximum absolute atomic E-state index is 14.9. The zero-order valence-electron chi connectivity index (χ0n) is 19.8. The summed E-state index contributed by atoms with van der Waals surface area (Å²) in [6, 6.07) is 14.6. The number of carbonyl (C=O) groups is 1. The molecule has 0 aliphatic carbocycles. The molecule has 4 rings (SSSR count). The maximum Gasteiger partial charge on any atom is 0.506 e. The molecule has 9 heteroatoms. The van der Waals surface area contributed by atoms with Crippen molar-refractivity contribution in [3.05, 3.63) is 94.8 Å². The predicted molar refractivity (Wildman–Crippen MR) is 131 cm³/mol. The first-order valence-corrected chi connectivity index (χ1v) is 11.7. The van der Waals surface area contributed by atoms with Crippen molar-refractivity contribution in [2.24, 2.45) is 5.16 Å². The zero-order valence-corrected chi connectivity index (χ0v) is 19.8. The van der Waals surface area contributed by atoms with Crippen LogP contribution in [0.2, 0.25) is 0 Å². The monoisotopic (exact) mass is 495 g/mol. The second-order valence-corrected chi connectivity index (χ2v) is 8.82. The zero-order chi connectivity index (χ0) is 25.7. The SMILES string of the molecule is Cc1cc(/C(C[C@@H](c2ccc(N3CCC(OC(=O)O)CC3)cc2)c2ccc(F)cc2F)=N/O)ccn1. The Bertz CT molecular complexity index is 1240. The molecule has 2 heterocycles. The molecule has 0 saturated carbocycles. The molecule has 7 nitrogen and oxygen atoms in total. The summed E-state index contributed by atoms with van der Waals surface area (Å²) in [6.45, 7) is 3.12. The van der Waals surface area contributed by atoms with Gasteiger partial charge in [-0.3, -0.25) is 4.98 Å². The van der Waals surface area contributed by atoms with Gasteiger partial charge < -0.3 is 20.0 Å². The number of piperidine rings is 1. The van der Waals surface area contributed by atoms with Gasteiger partial charge in [0.05, 0.1) is 5.71 Å². The summed E-state index contributed by atoms with van der Waals surface area (Å²) in [5, 5.41) is 22.1. The third-order valence-corrected chi connectivity index (χ3v) is 6.46. The largest absolute Gasteiger partial charge is 0.506 e. The van der Waals surface area contributed by atoms with E-state index in [4.69, 9.17) is 9.84 Å². The van der Waals surface area contributed by atoms with Gasteiger partial charge in [-0.25, -0.2) is 13.6 Å². The fourth-order valence-electron chi connectivity index (χ4n) is 4.62. The highest BCUT2D eigenvalue weighted by Crippen LogP contribution is 2.33. The highest BCUT2D eigenvalue weighted by molar-refractivity contribution is 6.00. The Morgan fingerprint density at radius 3 is 2.47 bits per heavy atom. The summed E-state index contributed by atoms with van der Waals surface area (Å²) < 4.78 is 33.4. The van der Waals surface area contributed by atoms with Crippen molar-refractivity contribution in [1.29, 1.82) is 0 Å². The number of carboxylic acid groups (broad SMARTS) is 1. The summed E-state index contributed by atoms with van der Waals surface area (Å²) >= 11 is 0. The fraction of sp³-hybridized carbons (Fsp3) is 0.296. The van der Waals surface area contributed by atoms with Gasteiger partial charge in [-0.05, 0) is 48.4 Å². The van der Waals surface area contributed by atoms with Crippen LogP contribution >= 0.6 is 0 Å². The van der Waals surface area contributed by atoms with Crippen LogP contribution in [0, 0.1) is 18.6 Å². The van der Waals surface area contributed by atoms with Crippen molar-refractivity contribution in [3.63, 3.8) is 0 Å². The Balaban J connectivity index is 1.60. The number of hydrogen-bond donors (Lipinski definition) is 2. The van der Waals surface area contributed by atoms with E-state index in [1.165, 1.54) is 12.1 Å². The first-order valence-electron chi connectivity index (χ1n) is 11.7. The van der Waals surface area contributed by atoms with Crippen LogP contribution in [0.15, 0.2) is 65.9 Å². The summed E-state index contributed by atoms with van der Waals surface area (Å²) in [6.07, 6.45) is 1.42. The van der Waals surface area contributed by atoms with Gasteiger partial charge in [0, 0.05) is 67.5 Å². The van der Waals surface area contributed by atoms with Crippen LogP contribution in [0.25, 0.3) is 0 Å². The van der Waals surface area contributed by atoms with Crippen molar-refractivity contribution in [2.45, 2.75) is 38.2 Å². The van der Waals surface area contributed by atoms with E-state index >= 15 is 0 Å². The minimum atomic E-state index is -1.26. The Kier molecular flexibility index (Phi) is 7.77. The molecule has 1 atom stereocenters. The average molecular weight is 496 g/mol. The molecule has 2 N–H and O–H groups in total. The van der Waals surface area contributed by atoms with Gasteiger partial charge in [0.25, 0.3) is 0 Å². The van der Waals surface area contributed by atoms with Gasteiger partial charge in [0.2, 0.25) is 0 Å². The quantitative estimate of drug-likeness (QED) is 0.188. The molecular weight excluding hydrogens is 468 g/mol. The van der Waals surface area contributed by atoms with Crippen LogP contribution in [0.5, 0.6) is 0 Å². The van der Waals surface area contributed by atoms with E-state index in [0.717, 1.165) is 23.0 Å². The number of pyridine rings is 1. The molecule has 188 valence electrons. The lowest BCUT2D eigenvalue weighted by molar-refractivity contribution is 0.0416. The number of rotatable bonds is 7. The molecule has 0 spiro atoms. The van der Waals surface area contributed by atoms with Crippen LogP contribution in [0.4, 0.5) is 19.3 Å².